The minimum Gasteiger partial charge on any atom is -0.314 e. The van der Waals surface area contributed by atoms with Gasteiger partial charge in [-0.15, -0.1) is 0 Å². The molecule has 66 heavy (non-hydrogen) atoms. The molecule has 9 aromatic rings. The average Bonchev–Trinajstić information content (AvgIpc) is 3.92. The molecule has 0 heterocycles. The number of hydrogen-bond acceptors (Lipinski definition) is 1. The molecule has 0 saturated heterocycles. The highest BCUT2D eigenvalue weighted by molar-refractivity contribution is 5.99. The zero-order chi connectivity index (χ0) is 44.6. The molecule has 0 aromatic heterocycles. The van der Waals surface area contributed by atoms with Gasteiger partial charge in [0.1, 0.15) is 0 Å². The van der Waals surface area contributed by atoms with Crippen molar-refractivity contribution < 1.29 is 0 Å². The summed E-state index contributed by atoms with van der Waals surface area (Å²) in [5, 5.41) is 0. The van der Waals surface area contributed by atoms with E-state index >= 15 is 0 Å². The van der Waals surface area contributed by atoms with E-state index in [0.29, 0.717) is 0 Å². The number of hydrogen-bond donors (Lipinski definition) is 0. The van der Waals surface area contributed by atoms with E-state index in [9.17, 15) is 0 Å². The molecule has 3 aliphatic rings. The molecule has 0 atom stereocenters. The number of anilines is 2. The van der Waals surface area contributed by atoms with Crippen molar-refractivity contribution in [2.24, 2.45) is 0 Å². The van der Waals surface area contributed by atoms with Crippen LogP contribution in [-0.2, 0) is 10.8 Å². The molecule has 1 spiro atoms. The van der Waals surface area contributed by atoms with E-state index in [1.807, 2.05) is 0 Å². The number of rotatable bonds is 8. The summed E-state index contributed by atoms with van der Waals surface area (Å²) in [7, 11) is 0. The molecule has 12 rings (SSSR count). The molecular weight excluding hydrogens is 795 g/mol. The van der Waals surface area contributed by atoms with Gasteiger partial charge in [-0.3, -0.25) is 0 Å². The number of para-hydroxylation sites is 1. The van der Waals surface area contributed by atoms with Crippen molar-refractivity contribution in [3.63, 3.8) is 0 Å². The normalized spacial score (nSPS) is 14.4. The van der Waals surface area contributed by atoms with Crippen LogP contribution in [-0.4, -0.2) is 0 Å². The van der Waals surface area contributed by atoms with Gasteiger partial charge >= 0.3 is 0 Å². The lowest BCUT2D eigenvalue weighted by Gasteiger charge is -2.31. The quantitative estimate of drug-likeness (QED) is 0.138. The molecule has 0 fully saturated rings. The van der Waals surface area contributed by atoms with Crippen LogP contribution in [0.15, 0.2) is 230 Å². The molecule has 1 nitrogen and oxygen atoms in total. The SMILES string of the molecule is CC/C=C\C=C(/C)N(c1ccc2c(c1)C(C)(C)c1ccccc1-2)c1ccccc1-c1ccc2c(c1)-c1ccccc1C21c2cc(-c3ccccc3)ccc2-c2ccc(-c3ccccc3)cc21. The highest BCUT2D eigenvalue weighted by Gasteiger charge is 2.52. The minimum atomic E-state index is -0.504. The van der Waals surface area contributed by atoms with Gasteiger partial charge in [0.2, 0.25) is 0 Å². The van der Waals surface area contributed by atoms with E-state index in [-0.39, 0.29) is 5.41 Å². The first-order chi connectivity index (χ1) is 32.4. The average molecular weight is 846 g/mol. The summed E-state index contributed by atoms with van der Waals surface area (Å²) in [6.45, 7) is 9.17. The van der Waals surface area contributed by atoms with Crippen molar-refractivity contribution in [1.82, 2.24) is 0 Å². The second kappa shape index (κ2) is 15.5. The summed E-state index contributed by atoms with van der Waals surface area (Å²) in [5.74, 6) is 0. The third-order valence-electron chi connectivity index (χ3n) is 14.7. The molecule has 0 amide bonds. The summed E-state index contributed by atoms with van der Waals surface area (Å²) in [5.41, 5.74) is 26.1. The van der Waals surface area contributed by atoms with Crippen molar-refractivity contribution in [2.75, 3.05) is 4.90 Å². The molecule has 0 aliphatic heterocycles. The number of fused-ring (bicyclic) bond motifs is 13. The highest BCUT2D eigenvalue weighted by Crippen LogP contribution is 2.64. The van der Waals surface area contributed by atoms with Gasteiger partial charge in [-0.05, 0) is 150 Å². The lowest BCUT2D eigenvalue weighted by atomic mass is 9.69. The summed E-state index contributed by atoms with van der Waals surface area (Å²) in [6, 6.07) is 77.5. The molecule has 9 aromatic carbocycles. The van der Waals surface area contributed by atoms with Gasteiger partial charge in [0.05, 0.1) is 11.1 Å². The Morgan fingerprint density at radius 2 is 0.909 bits per heavy atom. The van der Waals surface area contributed by atoms with Gasteiger partial charge in [-0.1, -0.05) is 203 Å². The predicted molar refractivity (Wildman–Crippen MR) is 278 cm³/mol. The van der Waals surface area contributed by atoms with Crippen LogP contribution in [0.1, 0.15) is 67.5 Å². The van der Waals surface area contributed by atoms with Crippen molar-refractivity contribution in [3.8, 4) is 66.8 Å². The molecule has 316 valence electrons. The second-order valence-electron chi connectivity index (χ2n) is 18.7. The Labute approximate surface area is 389 Å². The van der Waals surface area contributed by atoms with Crippen molar-refractivity contribution in [2.45, 2.75) is 44.9 Å². The first kappa shape index (κ1) is 39.8. The maximum absolute atomic E-state index is 2.48. The number of nitrogens with zero attached hydrogens (tertiary/aromatic N) is 1. The van der Waals surface area contributed by atoms with E-state index in [1.54, 1.807) is 0 Å². The van der Waals surface area contributed by atoms with Gasteiger partial charge in [0, 0.05) is 22.4 Å². The Morgan fingerprint density at radius 3 is 1.56 bits per heavy atom. The number of benzene rings is 9. The topological polar surface area (TPSA) is 3.24 Å². The molecule has 0 bridgehead atoms. The number of allylic oxidation sites excluding steroid dienone is 4. The molecular formula is C65H51N. The lowest BCUT2D eigenvalue weighted by Crippen LogP contribution is -2.26. The van der Waals surface area contributed by atoms with E-state index in [4.69, 9.17) is 0 Å². The third kappa shape index (κ3) is 5.93. The van der Waals surface area contributed by atoms with Crippen molar-refractivity contribution >= 4 is 11.4 Å². The summed E-state index contributed by atoms with van der Waals surface area (Å²) in [4.78, 5) is 2.47. The fourth-order valence-corrected chi connectivity index (χ4v) is 11.7. The molecule has 3 aliphatic carbocycles. The molecule has 1 heteroatoms. The van der Waals surface area contributed by atoms with Crippen LogP contribution in [0, 0.1) is 0 Å². The fourth-order valence-electron chi connectivity index (χ4n) is 11.7. The van der Waals surface area contributed by atoms with Crippen molar-refractivity contribution in [3.05, 3.63) is 264 Å². The molecule has 0 radical (unpaired) electrons. The maximum Gasteiger partial charge on any atom is 0.0725 e. The van der Waals surface area contributed by atoms with E-state index in [2.05, 4.69) is 257 Å². The van der Waals surface area contributed by atoms with Crippen LogP contribution >= 0.6 is 0 Å². The van der Waals surface area contributed by atoms with Crippen LogP contribution in [0.5, 0.6) is 0 Å². The summed E-state index contributed by atoms with van der Waals surface area (Å²) < 4.78 is 0. The van der Waals surface area contributed by atoms with Gasteiger partial charge in [-0.2, -0.15) is 0 Å². The Morgan fingerprint density at radius 1 is 0.409 bits per heavy atom. The standard InChI is InChI=1S/C65H51N/c1-5-6-9-20-43(2)66(49-34-37-53-51-26-14-17-28-57(51)64(3,4)60(53)42-49)63-30-19-16-25-50(63)48-33-38-59-56(39-48)52-27-15-18-29-58(52)65(59)61-40-46(44-21-10-7-11-22-44)31-35-54(61)55-36-32-47(41-62(55)65)45-23-12-8-13-24-45/h6-42H,5H2,1-4H3/b9-6-,43-20+. The maximum atomic E-state index is 2.48. The third-order valence-corrected chi connectivity index (χ3v) is 14.7. The first-order valence-electron chi connectivity index (χ1n) is 23.5. The van der Waals surface area contributed by atoms with Crippen LogP contribution in [0.3, 0.4) is 0 Å². The smallest absolute Gasteiger partial charge is 0.0725 e. The Kier molecular flexibility index (Phi) is 9.33. The predicted octanol–water partition coefficient (Wildman–Crippen LogP) is 17.3. The molecule has 0 unspecified atom stereocenters. The van der Waals surface area contributed by atoms with E-state index in [0.717, 1.165) is 23.5 Å². The Bertz CT molecular complexity index is 3350. The Balaban J connectivity index is 1.06. The van der Waals surface area contributed by atoms with Gasteiger partial charge < -0.3 is 4.90 Å². The Hall–Kier alpha value is -7.74. The monoisotopic (exact) mass is 845 g/mol. The zero-order valence-corrected chi connectivity index (χ0v) is 38.0. The second-order valence-corrected chi connectivity index (χ2v) is 18.7. The van der Waals surface area contributed by atoms with Crippen LogP contribution < -0.4 is 4.90 Å². The van der Waals surface area contributed by atoms with Gasteiger partial charge in [0.25, 0.3) is 0 Å². The molecule has 0 saturated carbocycles. The fraction of sp³-hybridized carbons (Fsp3) is 0.108. The van der Waals surface area contributed by atoms with Gasteiger partial charge in [-0.25, -0.2) is 0 Å². The van der Waals surface area contributed by atoms with Crippen LogP contribution in [0.4, 0.5) is 11.4 Å². The van der Waals surface area contributed by atoms with Crippen LogP contribution in [0.25, 0.3) is 66.8 Å². The molecule has 0 N–H and O–H groups in total. The largest absolute Gasteiger partial charge is 0.314 e. The summed E-state index contributed by atoms with van der Waals surface area (Å²) >= 11 is 0. The zero-order valence-electron chi connectivity index (χ0n) is 38.0. The lowest BCUT2D eigenvalue weighted by molar-refractivity contribution is 0.660. The highest BCUT2D eigenvalue weighted by atomic mass is 15.1. The van der Waals surface area contributed by atoms with Crippen LogP contribution in [0.2, 0.25) is 0 Å². The minimum absolute atomic E-state index is 0.114. The summed E-state index contributed by atoms with van der Waals surface area (Å²) in [6.07, 6.45) is 7.68. The van der Waals surface area contributed by atoms with E-state index < -0.39 is 5.41 Å². The first-order valence-corrected chi connectivity index (χ1v) is 23.5. The van der Waals surface area contributed by atoms with Crippen molar-refractivity contribution in [1.29, 1.82) is 0 Å². The van der Waals surface area contributed by atoms with Gasteiger partial charge in [0.15, 0.2) is 0 Å². The van der Waals surface area contributed by atoms with E-state index in [1.165, 1.54) is 100 Å².